The molecule has 1 aromatic carbocycles. The minimum absolute atomic E-state index is 0.0368. The third-order valence-electron chi connectivity index (χ3n) is 5.44. The molecule has 4 rings (SSSR count). The van der Waals surface area contributed by atoms with Gasteiger partial charge < -0.3 is 14.7 Å². The lowest BCUT2D eigenvalue weighted by Crippen LogP contribution is -2.41. The van der Waals surface area contributed by atoms with Gasteiger partial charge in [0.1, 0.15) is 0 Å². The zero-order valence-corrected chi connectivity index (χ0v) is 17.4. The highest BCUT2D eigenvalue weighted by Gasteiger charge is 2.50. The number of nitrogens with zero attached hydrogens (tertiary/aromatic N) is 3. The maximum Gasteiger partial charge on any atom is 0.409 e. The minimum Gasteiger partial charge on any atom is -0.453 e. The smallest absolute Gasteiger partial charge is 0.409 e. The fraction of sp³-hybridized carbons (Fsp3) is 0.421. The first-order chi connectivity index (χ1) is 14.0. The van der Waals surface area contributed by atoms with Crippen molar-refractivity contribution in [2.24, 2.45) is 0 Å². The van der Waals surface area contributed by atoms with E-state index in [1.165, 1.54) is 18.4 Å². The Balaban J connectivity index is 1.59. The number of aliphatic hydroxyl groups excluding tert-OH is 1. The normalized spacial score (nSPS) is 20.2. The van der Waals surface area contributed by atoms with Crippen LogP contribution in [-0.2, 0) is 16.6 Å². The van der Waals surface area contributed by atoms with Crippen molar-refractivity contribution in [2.45, 2.75) is 18.3 Å². The number of ether oxygens (including phenoxy) is 1. The number of likely N-dealkylation sites (tertiary alicyclic amines) is 1. The number of hydrogen-bond donors (Lipinski definition) is 2. The van der Waals surface area contributed by atoms with Gasteiger partial charge in [-0.2, -0.15) is 0 Å². The molecule has 154 valence electrons. The van der Waals surface area contributed by atoms with E-state index >= 15 is 0 Å². The number of rotatable bonds is 3. The first kappa shape index (κ1) is 19.9. The Bertz CT molecular complexity index is 952. The van der Waals surface area contributed by atoms with Gasteiger partial charge in [-0.05, 0) is 30.2 Å². The molecule has 1 spiro atoms. The van der Waals surface area contributed by atoms with Gasteiger partial charge in [0.05, 0.1) is 7.11 Å². The van der Waals surface area contributed by atoms with Gasteiger partial charge in [0.25, 0.3) is 0 Å². The average Bonchev–Trinajstić information content (AvgIpc) is 3.41. The predicted octanol–water partition coefficient (Wildman–Crippen LogP) is 3.09. The number of hydrogen-bond acceptors (Lipinski definition) is 6. The van der Waals surface area contributed by atoms with Gasteiger partial charge >= 0.3 is 12.1 Å². The number of halogens is 1. The van der Waals surface area contributed by atoms with E-state index in [2.05, 4.69) is 10.3 Å². The monoisotopic (exact) mass is 436 g/mol. The molecule has 1 aromatic heterocycles. The number of aromatic nitrogens is 1. The van der Waals surface area contributed by atoms with E-state index in [-0.39, 0.29) is 24.1 Å². The van der Waals surface area contributed by atoms with Crippen LogP contribution in [0.3, 0.4) is 0 Å². The first-order valence-electron chi connectivity index (χ1n) is 9.23. The van der Waals surface area contributed by atoms with Gasteiger partial charge in [0, 0.05) is 59.9 Å². The highest BCUT2D eigenvalue weighted by molar-refractivity contribution is 7.15. The van der Waals surface area contributed by atoms with Crippen molar-refractivity contribution in [1.29, 1.82) is 0 Å². The molecular weight excluding hydrogens is 416 g/mol. The van der Waals surface area contributed by atoms with Gasteiger partial charge in [-0.25, -0.2) is 14.6 Å². The summed E-state index contributed by atoms with van der Waals surface area (Å²) in [5.74, 6) is 0. The van der Waals surface area contributed by atoms with Gasteiger partial charge in [0.15, 0.2) is 5.13 Å². The Morgan fingerprint density at radius 2 is 2.24 bits per heavy atom. The summed E-state index contributed by atoms with van der Waals surface area (Å²) in [6.45, 7) is 1.51. The van der Waals surface area contributed by atoms with Crippen LogP contribution in [-0.4, -0.2) is 60.5 Å². The van der Waals surface area contributed by atoms with Crippen LogP contribution < -0.4 is 10.2 Å². The summed E-state index contributed by atoms with van der Waals surface area (Å²) in [5.41, 5.74) is 1.37. The van der Waals surface area contributed by atoms with Gasteiger partial charge in [-0.1, -0.05) is 11.6 Å². The van der Waals surface area contributed by atoms with Crippen molar-refractivity contribution < 1.29 is 19.4 Å². The van der Waals surface area contributed by atoms with E-state index in [1.807, 2.05) is 12.1 Å². The van der Waals surface area contributed by atoms with Crippen molar-refractivity contribution in [3.05, 3.63) is 39.9 Å². The molecule has 29 heavy (non-hydrogen) atoms. The van der Waals surface area contributed by atoms with Crippen LogP contribution in [0.4, 0.5) is 20.4 Å². The zero-order chi connectivity index (χ0) is 20.6. The van der Waals surface area contributed by atoms with Crippen molar-refractivity contribution in [3.63, 3.8) is 0 Å². The molecule has 10 heteroatoms. The van der Waals surface area contributed by atoms with E-state index in [1.54, 1.807) is 22.1 Å². The molecule has 1 fully saturated rings. The number of nitrogens with one attached hydrogen (secondary N) is 1. The number of urea groups is 1. The highest BCUT2D eigenvalue weighted by Crippen LogP contribution is 2.47. The van der Waals surface area contributed by atoms with Crippen LogP contribution >= 0.6 is 22.9 Å². The lowest BCUT2D eigenvalue weighted by molar-refractivity contribution is 0.131. The molecule has 1 unspecified atom stereocenters. The van der Waals surface area contributed by atoms with E-state index in [9.17, 15) is 9.59 Å². The van der Waals surface area contributed by atoms with E-state index in [0.717, 1.165) is 22.5 Å². The second-order valence-corrected chi connectivity index (χ2v) is 8.76. The quantitative estimate of drug-likeness (QED) is 0.770. The molecule has 2 aliphatic heterocycles. The third-order valence-corrected chi connectivity index (χ3v) is 6.65. The summed E-state index contributed by atoms with van der Waals surface area (Å²) >= 11 is 7.59. The Hall–Kier alpha value is -2.36. The van der Waals surface area contributed by atoms with Crippen LogP contribution in [0.25, 0.3) is 0 Å². The molecule has 2 N–H and O–H groups in total. The summed E-state index contributed by atoms with van der Waals surface area (Å²) in [7, 11) is 1.37. The fourth-order valence-corrected chi connectivity index (χ4v) is 5.04. The lowest BCUT2D eigenvalue weighted by atomic mass is 9.81. The fourth-order valence-electron chi connectivity index (χ4n) is 4.08. The Labute approximate surface area is 177 Å². The molecule has 0 radical (unpaired) electrons. The zero-order valence-electron chi connectivity index (χ0n) is 15.9. The van der Waals surface area contributed by atoms with Crippen molar-refractivity contribution >= 4 is 45.9 Å². The summed E-state index contributed by atoms with van der Waals surface area (Å²) in [6, 6.07) is 5.20. The molecule has 0 saturated carbocycles. The van der Waals surface area contributed by atoms with E-state index in [0.29, 0.717) is 36.2 Å². The lowest BCUT2D eigenvalue weighted by Gasteiger charge is -2.25. The number of carbonyl (C=O) groups excluding carboxylic acids is 2. The Morgan fingerprint density at radius 1 is 1.41 bits per heavy atom. The maximum absolute atomic E-state index is 13.0. The predicted molar refractivity (Wildman–Crippen MR) is 111 cm³/mol. The second kappa shape index (κ2) is 7.81. The Morgan fingerprint density at radius 3 is 3.00 bits per heavy atom. The number of amides is 3. The minimum atomic E-state index is -0.378. The summed E-state index contributed by atoms with van der Waals surface area (Å²) in [4.78, 5) is 33.5. The summed E-state index contributed by atoms with van der Waals surface area (Å²) in [6.07, 6.45) is 2.51. The van der Waals surface area contributed by atoms with Gasteiger partial charge in [-0.15, -0.1) is 11.3 Å². The molecule has 0 bridgehead atoms. The van der Waals surface area contributed by atoms with Crippen LogP contribution in [0.1, 0.15) is 16.9 Å². The number of carbonyl (C=O) groups is 2. The van der Waals surface area contributed by atoms with Crippen LogP contribution in [0.2, 0.25) is 5.02 Å². The average molecular weight is 437 g/mol. The van der Waals surface area contributed by atoms with Crippen LogP contribution in [0.5, 0.6) is 0 Å². The summed E-state index contributed by atoms with van der Waals surface area (Å²) < 4.78 is 4.87. The second-order valence-electron chi connectivity index (χ2n) is 7.21. The molecule has 1 saturated heterocycles. The SMILES string of the molecule is COC(=O)N1CCC2(C1)CN(C(=O)Nc1ncc(CCO)s1)c1ccc(Cl)cc12. The van der Waals surface area contributed by atoms with Crippen molar-refractivity contribution in [1.82, 2.24) is 9.88 Å². The van der Waals surface area contributed by atoms with Gasteiger partial charge in [-0.3, -0.25) is 10.2 Å². The van der Waals surface area contributed by atoms with Crippen LogP contribution in [0.15, 0.2) is 24.4 Å². The third kappa shape index (κ3) is 3.65. The number of benzene rings is 1. The highest BCUT2D eigenvalue weighted by atomic mass is 35.5. The largest absolute Gasteiger partial charge is 0.453 e. The standard InChI is InChI=1S/C19H21ClN4O4S/c1-28-18(27)23-6-5-19(10-23)11-24(15-3-2-12(20)8-14(15)19)17(26)22-16-21-9-13(29-16)4-7-25/h2-3,8-9,25H,4-7,10-11H2,1H3,(H,21,22,26). The number of aliphatic hydroxyl groups is 1. The molecular formula is C19H21ClN4O4S. The molecule has 3 amide bonds. The van der Waals surface area contributed by atoms with Crippen LogP contribution in [0, 0.1) is 0 Å². The number of anilines is 2. The number of methoxy groups -OCH3 is 1. The first-order valence-corrected chi connectivity index (χ1v) is 10.4. The molecule has 0 aliphatic carbocycles. The van der Waals surface area contributed by atoms with Gasteiger partial charge in [0.2, 0.25) is 0 Å². The molecule has 2 aliphatic rings. The topological polar surface area (TPSA) is 95.0 Å². The molecule has 1 atom stereocenters. The van der Waals surface area contributed by atoms with E-state index < -0.39 is 0 Å². The molecule has 3 heterocycles. The molecule has 8 nitrogen and oxygen atoms in total. The Kier molecular flexibility index (Phi) is 5.37. The summed E-state index contributed by atoms with van der Waals surface area (Å²) in [5, 5.41) is 13.0. The maximum atomic E-state index is 13.0. The number of thiazole rings is 1. The van der Waals surface area contributed by atoms with Crippen molar-refractivity contribution in [3.8, 4) is 0 Å². The van der Waals surface area contributed by atoms with Crippen molar-refractivity contribution in [2.75, 3.05) is 43.6 Å². The van der Waals surface area contributed by atoms with E-state index in [4.69, 9.17) is 21.4 Å². The number of fused-ring (bicyclic) bond motifs is 2. The molecule has 2 aromatic rings.